The van der Waals surface area contributed by atoms with Crippen molar-refractivity contribution < 1.29 is 13.2 Å². The van der Waals surface area contributed by atoms with Gasteiger partial charge in [0.05, 0.1) is 11.5 Å². The van der Waals surface area contributed by atoms with Gasteiger partial charge >= 0.3 is 0 Å². The first-order valence-electron chi connectivity index (χ1n) is 6.99. The van der Waals surface area contributed by atoms with Crippen molar-refractivity contribution in [2.45, 2.75) is 24.8 Å². The molecule has 1 saturated heterocycles. The molecule has 0 saturated carbocycles. The quantitative estimate of drug-likeness (QED) is 0.791. The molecule has 0 spiro atoms. The Morgan fingerprint density at radius 2 is 2.05 bits per heavy atom. The minimum Gasteiger partial charge on any atom is -0.381 e. The summed E-state index contributed by atoms with van der Waals surface area (Å²) in [5.74, 6) is 0.290. The van der Waals surface area contributed by atoms with Crippen molar-refractivity contribution in [3.8, 4) is 0 Å². The Labute approximate surface area is 120 Å². The molecule has 0 bridgehead atoms. The Morgan fingerprint density at radius 3 is 2.65 bits per heavy atom. The minimum absolute atomic E-state index is 0.290. The maximum absolute atomic E-state index is 12.1. The van der Waals surface area contributed by atoms with Crippen LogP contribution in [0.3, 0.4) is 0 Å². The van der Waals surface area contributed by atoms with E-state index in [9.17, 15) is 8.42 Å². The molecule has 0 amide bonds. The van der Waals surface area contributed by atoms with Crippen LogP contribution >= 0.6 is 0 Å². The van der Waals surface area contributed by atoms with Gasteiger partial charge in [-0.25, -0.2) is 13.1 Å². The first-order chi connectivity index (χ1) is 9.62. The van der Waals surface area contributed by atoms with Gasteiger partial charge in [0, 0.05) is 19.7 Å². The Kier molecular flexibility index (Phi) is 5.54. The van der Waals surface area contributed by atoms with Gasteiger partial charge in [-0.1, -0.05) is 19.1 Å². The lowest BCUT2D eigenvalue weighted by atomic mass is 10.1. The van der Waals surface area contributed by atoms with E-state index in [1.165, 1.54) is 0 Å². The third-order valence-corrected chi connectivity index (χ3v) is 4.84. The lowest BCUT2D eigenvalue weighted by Gasteiger charge is -2.11. The van der Waals surface area contributed by atoms with E-state index in [0.29, 0.717) is 18.0 Å². The number of benzene rings is 1. The van der Waals surface area contributed by atoms with Crippen LogP contribution in [0.2, 0.25) is 0 Å². The highest BCUT2D eigenvalue weighted by molar-refractivity contribution is 7.89. The number of hydrogen-bond acceptors (Lipinski definition) is 4. The maximum atomic E-state index is 12.1. The Balaban J connectivity index is 1.94. The highest BCUT2D eigenvalue weighted by Crippen LogP contribution is 2.14. The Morgan fingerprint density at radius 1 is 1.30 bits per heavy atom. The van der Waals surface area contributed by atoms with Gasteiger partial charge in [-0.15, -0.1) is 0 Å². The zero-order valence-electron chi connectivity index (χ0n) is 11.8. The smallest absolute Gasteiger partial charge is 0.240 e. The van der Waals surface area contributed by atoms with Crippen LogP contribution in [0.25, 0.3) is 0 Å². The minimum atomic E-state index is -3.41. The molecule has 1 unspecified atom stereocenters. The average molecular weight is 298 g/mol. The monoisotopic (exact) mass is 298 g/mol. The Bertz CT molecular complexity index is 508. The largest absolute Gasteiger partial charge is 0.381 e. The number of sulfonamides is 1. The van der Waals surface area contributed by atoms with Crippen molar-refractivity contribution in [2.75, 3.05) is 26.3 Å². The molecule has 2 N–H and O–H groups in total. The molecule has 112 valence electrons. The summed E-state index contributed by atoms with van der Waals surface area (Å²) in [6, 6.07) is 6.99. The van der Waals surface area contributed by atoms with Crippen LogP contribution in [0.5, 0.6) is 0 Å². The first-order valence-corrected chi connectivity index (χ1v) is 8.47. The molecule has 1 aliphatic heterocycles. The molecule has 1 heterocycles. The van der Waals surface area contributed by atoms with E-state index in [1.54, 1.807) is 12.1 Å². The predicted molar refractivity (Wildman–Crippen MR) is 77.9 cm³/mol. The zero-order chi connectivity index (χ0) is 14.4. The van der Waals surface area contributed by atoms with E-state index in [0.717, 1.165) is 31.7 Å². The molecule has 5 nitrogen and oxygen atoms in total. The van der Waals surface area contributed by atoms with Crippen molar-refractivity contribution in [2.24, 2.45) is 5.92 Å². The topological polar surface area (TPSA) is 67.4 Å². The van der Waals surface area contributed by atoms with Crippen LogP contribution in [0.4, 0.5) is 0 Å². The molecule has 0 aromatic heterocycles. The zero-order valence-corrected chi connectivity index (χ0v) is 12.6. The van der Waals surface area contributed by atoms with Crippen molar-refractivity contribution in [3.05, 3.63) is 29.8 Å². The highest BCUT2D eigenvalue weighted by atomic mass is 32.2. The van der Waals surface area contributed by atoms with E-state index < -0.39 is 10.0 Å². The fourth-order valence-corrected chi connectivity index (χ4v) is 3.23. The lowest BCUT2D eigenvalue weighted by Crippen LogP contribution is -2.29. The van der Waals surface area contributed by atoms with E-state index in [1.807, 2.05) is 19.1 Å². The molecule has 2 rings (SSSR count). The summed E-state index contributed by atoms with van der Waals surface area (Å²) in [5, 5.41) is 3.21. The van der Waals surface area contributed by atoms with Gasteiger partial charge in [0.15, 0.2) is 0 Å². The van der Waals surface area contributed by atoms with Gasteiger partial charge in [0.1, 0.15) is 0 Å². The maximum Gasteiger partial charge on any atom is 0.240 e. The van der Waals surface area contributed by atoms with Gasteiger partial charge in [-0.2, -0.15) is 0 Å². The van der Waals surface area contributed by atoms with E-state index in [2.05, 4.69) is 10.0 Å². The van der Waals surface area contributed by atoms with Crippen LogP contribution in [-0.4, -0.2) is 34.7 Å². The van der Waals surface area contributed by atoms with Gasteiger partial charge in [0.25, 0.3) is 0 Å². The highest BCUT2D eigenvalue weighted by Gasteiger charge is 2.20. The average Bonchev–Trinajstić information content (AvgIpc) is 2.97. The van der Waals surface area contributed by atoms with Gasteiger partial charge in [0.2, 0.25) is 10.0 Å². The number of rotatable bonds is 7. The SMILES string of the molecule is CCNCc1ccc(S(=O)(=O)NCC2CCOC2)cc1. The molecule has 1 aromatic carbocycles. The van der Waals surface area contributed by atoms with Crippen LogP contribution in [0.15, 0.2) is 29.2 Å². The van der Waals surface area contributed by atoms with E-state index in [-0.39, 0.29) is 5.92 Å². The third-order valence-electron chi connectivity index (χ3n) is 3.40. The fourth-order valence-electron chi connectivity index (χ4n) is 2.11. The number of hydrogen-bond donors (Lipinski definition) is 2. The van der Waals surface area contributed by atoms with E-state index >= 15 is 0 Å². The molecule has 6 heteroatoms. The molecule has 1 atom stereocenters. The second kappa shape index (κ2) is 7.17. The standard InChI is InChI=1S/C14H22N2O3S/c1-2-15-9-12-3-5-14(6-4-12)20(17,18)16-10-13-7-8-19-11-13/h3-6,13,15-16H,2,7-11H2,1H3. The van der Waals surface area contributed by atoms with Crippen LogP contribution < -0.4 is 10.0 Å². The van der Waals surface area contributed by atoms with E-state index in [4.69, 9.17) is 4.74 Å². The summed E-state index contributed by atoms with van der Waals surface area (Å²) in [6.07, 6.45) is 0.921. The molecular weight excluding hydrogens is 276 g/mol. The third kappa shape index (κ3) is 4.28. The molecular formula is C14H22N2O3S. The first kappa shape index (κ1) is 15.4. The molecule has 0 radical (unpaired) electrons. The molecule has 1 aromatic rings. The van der Waals surface area contributed by atoms with Crippen molar-refractivity contribution in [1.29, 1.82) is 0 Å². The number of ether oxygens (including phenoxy) is 1. The van der Waals surface area contributed by atoms with Crippen LogP contribution in [-0.2, 0) is 21.3 Å². The molecule has 20 heavy (non-hydrogen) atoms. The summed E-state index contributed by atoms with van der Waals surface area (Å²) < 4.78 is 32.2. The second-order valence-corrected chi connectivity index (χ2v) is 6.77. The van der Waals surface area contributed by atoms with Gasteiger partial charge < -0.3 is 10.1 Å². The van der Waals surface area contributed by atoms with Gasteiger partial charge in [-0.05, 0) is 36.6 Å². The summed E-state index contributed by atoms with van der Waals surface area (Å²) in [5.41, 5.74) is 1.08. The van der Waals surface area contributed by atoms with Gasteiger partial charge in [-0.3, -0.25) is 0 Å². The normalized spacial score (nSPS) is 19.4. The lowest BCUT2D eigenvalue weighted by molar-refractivity contribution is 0.186. The fraction of sp³-hybridized carbons (Fsp3) is 0.571. The molecule has 1 fully saturated rings. The van der Waals surface area contributed by atoms with Crippen LogP contribution in [0.1, 0.15) is 18.9 Å². The number of nitrogens with one attached hydrogen (secondary N) is 2. The van der Waals surface area contributed by atoms with Crippen molar-refractivity contribution >= 4 is 10.0 Å². The summed E-state index contributed by atoms with van der Waals surface area (Å²) in [6.45, 7) is 5.50. The summed E-state index contributed by atoms with van der Waals surface area (Å²) in [7, 11) is -3.41. The molecule has 0 aliphatic carbocycles. The summed E-state index contributed by atoms with van der Waals surface area (Å²) >= 11 is 0. The summed E-state index contributed by atoms with van der Waals surface area (Å²) in [4.78, 5) is 0.316. The second-order valence-electron chi connectivity index (χ2n) is 5.01. The van der Waals surface area contributed by atoms with Crippen molar-refractivity contribution in [1.82, 2.24) is 10.0 Å². The Hall–Kier alpha value is -0.950. The van der Waals surface area contributed by atoms with Crippen LogP contribution in [0, 0.1) is 5.92 Å². The molecule has 1 aliphatic rings. The van der Waals surface area contributed by atoms with Crippen molar-refractivity contribution in [3.63, 3.8) is 0 Å². The predicted octanol–water partition coefficient (Wildman–Crippen LogP) is 1.11.